The number of hydrogen-bond donors (Lipinski definition) is 1. The molecular weight excluding hydrogens is 290 g/mol. The van der Waals surface area contributed by atoms with Crippen molar-refractivity contribution < 1.29 is 4.74 Å². The Labute approximate surface area is 118 Å². The van der Waals surface area contributed by atoms with E-state index in [1.54, 1.807) is 0 Å². The van der Waals surface area contributed by atoms with Gasteiger partial charge in [-0.1, -0.05) is 35.0 Å². The SMILES string of the molecule is CCNC(c1cccc(Br)c1C)C1CCOCC1. The van der Waals surface area contributed by atoms with Crippen LogP contribution in [-0.4, -0.2) is 19.8 Å². The zero-order valence-electron chi connectivity index (χ0n) is 11.2. The van der Waals surface area contributed by atoms with E-state index in [1.165, 1.54) is 15.6 Å². The third kappa shape index (κ3) is 3.14. The number of hydrogen-bond acceptors (Lipinski definition) is 2. The highest BCUT2D eigenvalue weighted by atomic mass is 79.9. The van der Waals surface area contributed by atoms with Gasteiger partial charge in [0.2, 0.25) is 0 Å². The molecule has 18 heavy (non-hydrogen) atoms. The minimum absolute atomic E-state index is 0.455. The smallest absolute Gasteiger partial charge is 0.0469 e. The van der Waals surface area contributed by atoms with Crippen LogP contribution in [0.2, 0.25) is 0 Å². The largest absolute Gasteiger partial charge is 0.381 e. The first-order valence-electron chi connectivity index (χ1n) is 6.80. The number of halogens is 1. The zero-order chi connectivity index (χ0) is 13.0. The van der Waals surface area contributed by atoms with Crippen molar-refractivity contribution in [3.63, 3.8) is 0 Å². The molecule has 100 valence electrons. The summed E-state index contributed by atoms with van der Waals surface area (Å²) >= 11 is 3.64. The Hall–Kier alpha value is -0.380. The molecule has 0 aromatic heterocycles. The number of rotatable bonds is 4. The summed E-state index contributed by atoms with van der Waals surface area (Å²) in [6.45, 7) is 7.19. The van der Waals surface area contributed by atoms with E-state index in [2.05, 4.69) is 53.3 Å². The maximum atomic E-state index is 5.48. The van der Waals surface area contributed by atoms with E-state index < -0.39 is 0 Å². The molecule has 1 aromatic carbocycles. The Morgan fingerprint density at radius 2 is 2.11 bits per heavy atom. The monoisotopic (exact) mass is 311 g/mol. The summed E-state index contributed by atoms with van der Waals surface area (Å²) < 4.78 is 6.68. The molecule has 3 heteroatoms. The van der Waals surface area contributed by atoms with Gasteiger partial charge in [-0.05, 0) is 49.4 Å². The van der Waals surface area contributed by atoms with Crippen molar-refractivity contribution in [1.82, 2.24) is 5.32 Å². The molecule has 2 rings (SSSR count). The summed E-state index contributed by atoms with van der Waals surface area (Å²) in [5.41, 5.74) is 2.79. The number of nitrogens with one attached hydrogen (secondary N) is 1. The third-order valence-corrected chi connectivity index (χ3v) is 4.67. The first-order valence-corrected chi connectivity index (χ1v) is 7.59. The Balaban J connectivity index is 2.25. The van der Waals surface area contributed by atoms with Crippen LogP contribution in [-0.2, 0) is 4.74 Å². The van der Waals surface area contributed by atoms with E-state index in [4.69, 9.17) is 4.74 Å². The minimum atomic E-state index is 0.455. The molecule has 1 aromatic rings. The van der Waals surface area contributed by atoms with E-state index >= 15 is 0 Å². The average Bonchev–Trinajstić information content (AvgIpc) is 2.41. The summed E-state index contributed by atoms with van der Waals surface area (Å²) in [5, 5.41) is 3.66. The first kappa shape index (κ1) is 14.0. The molecule has 1 aliphatic heterocycles. The van der Waals surface area contributed by atoms with Crippen LogP contribution in [0.1, 0.15) is 36.9 Å². The van der Waals surface area contributed by atoms with Crippen LogP contribution < -0.4 is 5.32 Å². The van der Waals surface area contributed by atoms with Crippen LogP contribution >= 0.6 is 15.9 Å². The van der Waals surface area contributed by atoms with Crippen LogP contribution in [0.3, 0.4) is 0 Å². The van der Waals surface area contributed by atoms with Gasteiger partial charge in [0.15, 0.2) is 0 Å². The predicted molar refractivity (Wildman–Crippen MR) is 78.8 cm³/mol. The van der Waals surface area contributed by atoms with Gasteiger partial charge in [0, 0.05) is 23.7 Å². The molecule has 1 atom stereocenters. The Kier molecular flexibility index (Phi) is 5.22. The molecule has 1 heterocycles. The Morgan fingerprint density at radius 3 is 2.78 bits per heavy atom. The molecular formula is C15H22BrNO. The van der Waals surface area contributed by atoms with Crippen LogP contribution in [0, 0.1) is 12.8 Å². The van der Waals surface area contributed by atoms with Gasteiger partial charge in [-0.15, -0.1) is 0 Å². The maximum absolute atomic E-state index is 5.48. The molecule has 1 N–H and O–H groups in total. The van der Waals surface area contributed by atoms with E-state index in [0.717, 1.165) is 32.6 Å². The van der Waals surface area contributed by atoms with Crippen LogP contribution in [0.25, 0.3) is 0 Å². The maximum Gasteiger partial charge on any atom is 0.0469 e. The summed E-state index contributed by atoms with van der Waals surface area (Å²) in [6, 6.07) is 6.96. The van der Waals surface area contributed by atoms with Crippen LogP contribution in [0.4, 0.5) is 0 Å². The summed E-state index contributed by atoms with van der Waals surface area (Å²) in [7, 11) is 0. The predicted octanol–water partition coefficient (Wildman–Crippen LogP) is 3.83. The van der Waals surface area contributed by atoms with E-state index in [1.807, 2.05) is 0 Å². The van der Waals surface area contributed by atoms with Crippen molar-refractivity contribution in [3.8, 4) is 0 Å². The van der Waals surface area contributed by atoms with E-state index in [-0.39, 0.29) is 0 Å². The molecule has 1 unspecified atom stereocenters. The summed E-state index contributed by atoms with van der Waals surface area (Å²) in [4.78, 5) is 0. The second-order valence-corrected chi connectivity index (χ2v) is 5.79. The van der Waals surface area contributed by atoms with E-state index in [0.29, 0.717) is 12.0 Å². The van der Waals surface area contributed by atoms with Crippen molar-refractivity contribution in [2.45, 2.75) is 32.7 Å². The van der Waals surface area contributed by atoms with Crippen molar-refractivity contribution in [1.29, 1.82) is 0 Å². The molecule has 0 saturated carbocycles. The van der Waals surface area contributed by atoms with Crippen molar-refractivity contribution in [2.75, 3.05) is 19.8 Å². The van der Waals surface area contributed by atoms with Crippen molar-refractivity contribution in [3.05, 3.63) is 33.8 Å². The fourth-order valence-electron chi connectivity index (χ4n) is 2.76. The standard InChI is InChI=1S/C15H22BrNO/c1-3-17-15(12-7-9-18-10-8-12)13-5-4-6-14(16)11(13)2/h4-6,12,15,17H,3,7-10H2,1-2H3. The summed E-state index contributed by atoms with van der Waals surface area (Å²) in [5.74, 6) is 0.687. The molecule has 0 bridgehead atoms. The fraction of sp³-hybridized carbons (Fsp3) is 0.600. The van der Waals surface area contributed by atoms with Crippen molar-refractivity contribution in [2.24, 2.45) is 5.92 Å². The Morgan fingerprint density at radius 1 is 1.39 bits per heavy atom. The number of ether oxygens (including phenoxy) is 1. The lowest BCUT2D eigenvalue weighted by molar-refractivity contribution is 0.0537. The molecule has 0 aliphatic carbocycles. The Bertz CT molecular complexity index is 388. The van der Waals surface area contributed by atoms with Gasteiger partial charge in [-0.3, -0.25) is 0 Å². The second-order valence-electron chi connectivity index (χ2n) is 4.94. The van der Waals surface area contributed by atoms with Crippen LogP contribution in [0.15, 0.2) is 22.7 Å². The quantitative estimate of drug-likeness (QED) is 0.912. The van der Waals surface area contributed by atoms with Gasteiger partial charge in [0.1, 0.15) is 0 Å². The van der Waals surface area contributed by atoms with Gasteiger partial charge in [0.25, 0.3) is 0 Å². The van der Waals surface area contributed by atoms with Gasteiger partial charge < -0.3 is 10.1 Å². The lowest BCUT2D eigenvalue weighted by Crippen LogP contribution is -2.32. The molecule has 1 fully saturated rings. The van der Waals surface area contributed by atoms with Crippen molar-refractivity contribution >= 4 is 15.9 Å². The lowest BCUT2D eigenvalue weighted by Gasteiger charge is -2.32. The average molecular weight is 312 g/mol. The molecule has 0 radical (unpaired) electrons. The second kappa shape index (κ2) is 6.69. The fourth-order valence-corrected chi connectivity index (χ4v) is 3.14. The van der Waals surface area contributed by atoms with Crippen LogP contribution in [0.5, 0.6) is 0 Å². The summed E-state index contributed by atoms with van der Waals surface area (Å²) in [6.07, 6.45) is 2.31. The van der Waals surface area contributed by atoms with Gasteiger partial charge >= 0.3 is 0 Å². The first-order chi connectivity index (χ1) is 8.74. The zero-order valence-corrected chi connectivity index (χ0v) is 12.8. The molecule has 1 saturated heterocycles. The molecule has 0 amide bonds. The molecule has 1 aliphatic rings. The third-order valence-electron chi connectivity index (χ3n) is 3.81. The molecule has 2 nitrogen and oxygen atoms in total. The normalized spacial score (nSPS) is 18.8. The highest BCUT2D eigenvalue weighted by Crippen LogP contribution is 2.33. The van der Waals surface area contributed by atoms with Gasteiger partial charge in [-0.2, -0.15) is 0 Å². The van der Waals surface area contributed by atoms with Gasteiger partial charge in [0.05, 0.1) is 0 Å². The highest BCUT2D eigenvalue weighted by molar-refractivity contribution is 9.10. The topological polar surface area (TPSA) is 21.3 Å². The molecule has 0 spiro atoms. The lowest BCUT2D eigenvalue weighted by atomic mass is 9.85. The van der Waals surface area contributed by atoms with Gasteiger partial charge in [-0.25, -0.2) is 0 Å². The van der Waals surface area contributed by atoms with E-state index in [9.17, 15) is 0 Å². The number of benzene rings is 1. The minimum Gasteiger partial charge on any atom is -0.381 e. The highest BCUT2D eigenvalue weighted by Gasteiger charge is 2.26.